The quantitative estimate of drug-likeness (QED) is 0.767. The molecule has 1 aliphatic rings. The highest BCUT2D eigenvalue weighted by Crippen LogP contribution is 2.22. The van der Waals surface area contributed by atoms with Crippen molar-refractivity contribution in [2.24, 2.45) is 5.92 Å². The number of rotatable bonds is 3. The van der Waals surface area contributed by atoms with E-state index in [1.807, 2.05) is 0 Å². The van der Waals surface area contributed by atoms with E-state index < -0.39 is 15.8 Å². The van der Waals surface area contributed by atoms with E-state index in [1.54, 1.807) is 22.7 Å². The van der Waals surface area contributed by atoms with Crippen LogP contribution in [0.1, 0.15) is 22.6 Å². The summed E-state index contributed by atoms with van der Waals surface area (Å²) >= 11 is 0. The van der Waals surface area contributed by atoms with Crippen molar-refractivity contribution in [2.45, 2.75) is 12.8 Å². The standard InChI is InChI=1S/C13H15N3O4S/c1-20-13(17)10-3-2-5-16-11(14-15-12(10)16)7-9-4-6-21(18,19)8-9/h2-3,5,9H,4,6-8H2,1H3. The monoisotopic (exact) mass is 309 g/mol. The van der Waals surface area contributed by atoms with Crippen LogP contribution < -0.4 is 0 Å². The van der Waals surface area contributed by atoms with Crippen LogP contribution in [0, 0.1) is 5.92 Å². The third-order valence-corrected chi connectivity index (χ3v) is 5.55. The number of pyridine rings is 1. The second kappa shape index (κ2) is 5.10. The first kappa shape index (κ1) is 14.0. The van der Waals surface area contributed by atoms with Crippen LogP contribution in [0.4, 0.5) is 0 Å². The van der Waals surface area contributed by atoms with Crippen molar-refractivity contribution in [3.8, 4) is 0 Å². The summed E-state index contributed by atoms with van der Waals surface area (Å²) in [4.78, 5) is 11.7. The Hall–Kier alpha value is -1.96. The van der Waals surface area contributed by atoms with Gasteiger partial charge in [0.15, 0.2) is 15.5 Å². The van der Waals surface area contributed by atoms with Crippen LogP contribution in [0.2, 0.25) is 0 Å². The van der Waals surface area contributed by atoms with E-state index in [0.717, 1.165) is 0 Å². The van der Waals surface area contributed by atoms with Crippen LogP contribution in [0.25, 0.3) is 5.65 Å². The molecule has 1 unspecified atom stereocenters. The molecule has 7 nitrogen and oxygen atoms in total. The summed E-state index contributed by atoms with van der Waals surface area (Å²) in [7, 11) is -1.60. The lowest BCUT2D eigenvalue weighted by Crippen LogP contribution is -2.10. The zero-order chi connectivity index (χ0) is 15.0. The van der Waals surface area contributed by atoms with Gasteiger partial charge in [0.2, 0.25) is 0 Å². The summed E-state index contributed by atoms with van der Waals surface area (Å²) < 4.78 is 29.5. The topological polar surface area (TPSA) is 90.6 Å². The van der Waals surface area contributed by atoms with Crippen molar-refractivity contribution in [3.63, 3.8) is 0 Å². The normalized spacial score (nSPS) is 20.7. The Morgan fingerprint density at radius 3 is 2.95 bits per heavy atom. The van der Waals surface area contributed by atoms with Gasteiger partial charge in [0.25, 0.3) is 0 Å². The minimum absolute atomic E-state index is 0.0594. The van der Waals surface area contributed by atoms with E-state index in [0.29, 0.717) is 29.9 Å². The zero-order valence-corrected chi connectivity index (χ0v) is 12.3. The molecule has 0 bridgehead atoms. The first-order chi connectivity index (χ1) is 10.00. The number of fused-ring (bicyclic) bond motifs is 1. The molecule has 0 spiro atoms. The average Bonchev–Trinajstić information content (AvgIpc) is 3.02. The van der Waals surface area contributed by atoms with Gasteiger partial charge < -0.3 is 4.74 Å². The third kappa shape index (κ3) is 2.63. The molecule has 1 fully saturated rings. The summed E-state index contributed by atoms with van der Waals surface area (Å²) in [5.41, 5.74) is 0.776. The molecule has 3 heterocycles. The molecule has 1 atom stereocenters. The van der Waals surface area contributed by atoms with E-state index in [9.17, 15) is 13.2 Å². The Morgan fingerprint density at radius 1 is 1.48 bits per heavy atom. The highest BCUT2D eigenvalue weighted by molar-refractivity contribution is 7.91. The van der Waals surface area contributed by atoms with E-state index in [2.05, 4.69) is 10.2 Å². The van der Waals surface area contributed by atoms with Gasteiger partial charge in [0, 0.05) is 12.6 Å². The van der Waals surface area contributed by atoms with Crippen molar-refractivity contribution >= 4 is 21.5 Å². The molecule has 21 heavy (non-hydrogen) atoms. The number of hydrogen-bond donors (Lipinski definition) is 0. The number of carbonyl (C=O) groups is 1. The minimum Gasteiger partial charge on any atom is -0.465 e. The van der Waals surface area contributed by atoms with E-state index in [1.165, 1.54) is 7.11 Å². The van der Waals surface area contributed by atoms with Crippen LogP contribution in [-0.2, 0) is 21.0 Å². The molecule has 0 N–H and O–H groups in total. The fraction of sp³-hybridized carbons (Fsp3) is 0.462. The number of aromatic nitrogens is 3. The predicted molar refractivity (Wildman–Crippen MR) is 74.8 cm³/mol. The summed E-state index contributed by atoms with van der Waals surface area (Å²) in [5.74, 6) is 0.686. The van der Waals surface area contributed by atoms with Crippen LogP contribution >= 0.6 is 0 Å². The molecule has 0 amide bonds. The lowest BCUT2D eigenvalue weighted by Gasteiger charge is -2.06. The van der Waals surface area contributed by atoms with Gasteiger partial charge in [-0.1, -0.05) is 0 Å². The number of esters is 1. The van der Waals surface area contributed by atoms with Crippen molar-refractivity contribution in [2.75, 3.05) is 18.6 Å². The number of carbonyl (C=O) groups excluding carboxylic acids is 1. The molecule has 1 saturated heterocycles. The van der Waals surface area contributed by atoms with Gasteiger partial charge in [-0.25, -0.2) is 13.2 Å². The van der Waals surface area contributed by atoms with Crippen molar-refractivity contribution in [1.29, 1.82) is 0 Å². The van der Waals surface area contributed by atoms with Gasteiger partial charge in [0.1, 0.15) is 11.4 Å². The van der Waals surface area contributed by atoms with Gasteiger partial charge in [0.05, 0.1) is 18.6 Å². The Kier molecular flexibility index (Phi) is 3.40. The first-order valence-corrected chi connectivity index (χ1v) is 8.43. The highest BCUT2D eigenvalue weighted by Gasteiger charge is 2.29. The number of sulfone groups is 1. The molecule has 0 aliphatic carbocycles. The predicted octanol–water partition coefficient (Wildman–Crippen LogP) is 0.493. The molecule has 0 radical (unpaired) electrons. The number of ether oxygens (including phenoxy) is 1. The van der Waals surface area contributed by atoms with E-state index in [-0.39, 0.29) is 17.4 Å². The highest BCUT2D eigenvalue weighted by atomic mass is 32.2. The van der Waals surface area contributed by atoms with Crippen LogP contribution in [0.5, 0.6) is 0 Å². The Balaban J connectivity index is 1.93. The lowest BCUT2D eigenvalue weighted by molar-refractivity contribution is 0.0602. The van der Waals surface area contributed by atoms with Gasteiger partial charge >= 0.3 is 5.97 Å². The Bertz CT molecular complexity index is 797. The number of nitrogens with zero attached hydrogens (tertiary/aromatic N) is 3. The minimum atomic E-state index is -2.91. The molecule has 3 rings (SSSR count). The SMILES string of the molecule is COC(=O)c1cccn2c(CC3CCS(=O)(=O)C3)nnc12. The van der Waals surface area contributed by atoms with Crippen molar-refractivity contribution in [1.82, 2.24) is 14.6 Å². The van der Waals surface area contributed by atoms with Crippen LogP contribution in [0.15, 0.2) is 18.3 Å². The molecule has 8 heteroatoms. The number of methoxy groups -OCH3 is 1. The van der Waals surface area contributed by atoms with Crippen LogP contribution in [-0.4, -0.2) is 47.6 Å². The molecule has 112 valence electrons. The van der Waals surface area contributed by atoms with Gasteiger partial charge in [-0.3, -0.25) is 4.40 Å². The third-order valence-electron chi connectivity index (χ3n) is 3.71. The second-order valence-electron chi connectivity index (χ2n) is 5.20. The number of hydrogen-bond acceptors (Lipinski definition) is 6. The summed E-state index contributed by atoms with van der Waals surface area (Å²) in [6, 6.07) is 3.34. The Morgan fingerprint density at radius 2 is 2.29 bits per heavy atom. The molecule has 0 aromatic carbocycles. The van der Waals surface area contributed by atoms with E-state index in [4.69, 9.17) is 4.74 Å². The molecular weight excluding hydrogens is 294 g/mol. The summed E-state index contributed by atoms with van der Waals surface area (Å²) in [5, 5.41) is 8.12. The van der Waals surface area contributed by atoms with Crippen LogP contribution in [0.3, 0.4) is 0 Å². The molecule has 0 saturated carbocycles. The fourth-order valence-electron chi connectivity index (χ4n) is 2.66. The molecule has 1 aliphatic heterocycles. The maximum Gasteiger partial charge on any atom is 0.341 e. The molecule has 2 aromatic rings. The lowest BCUT2D eigenvalue weighted by atomic mass is 10.1. The average molecular weight is 309 g/mol. The zero-order valence-electron chi connectivity index (χ0n) is 11.5. The van der Waals surface area contributed by atoms with Crippen molar-refractivity contribution in [3.05, 3.63) is 29.7 Å². The smallest absolute Gasteiger partial charge is 0.341 e. The van der Waals surface area contributed by atoms with Gasteiger partial charge in [-0.15, -0.1) is 10.2 Å². The summed E-state index contributed by atoms with van der Waals surface area (Å²) in [6.07, 6.45) is 2.94. The van der Waals surface area contributed by atoms with Gasteiger partial charge in [-0.05, 0) is 24.5 Å². The first-order valence-electron chi connectivity index (χ1n) is 6.61. The second-order valence-corrected chi connectivity index (χ2v) is 7.43. The largest absolute Gasteiger partial charge is 0.465 e. The van der Waals surface area contributed by atoms with E-state index >= 15 is 0 Å². The van der Waals surface area contributed by atoms with Crippen molar-refractivity contribution < 1.29 is 17.9 Å². The summed E-state index contributed by atoms with van der Waals surface area (Å²) in [6.45, 7) is 0. The molecular formula is C13H15N3O4S. The fourth-order valence-corrected chi connectivity index (χ4v) is 4.53. The maximum atomic E-state index is 11.7. The Labute approximate surface area is 121 Å². The maximum absolute atomic E-state index is 11.7. The van der Waals surface area contributed by atoms with Gasteiger partial charge in [-0.2, -0.15) is 0 Å². The molecule has 2 aromatic heterocycles.